The van der Waals surface area contributed by atoms with E-state index in [1.54, 1.807) is 23.1 Å². The Hall–Kier alpha value is -3.69. The van der Waals surface area contributed by atoms with Crippen LogP contribution in [-0.4, -0.2) is 51.0 Å². The number of piperazine rings is 1. The van der Waals surface area contributed by atoms with Gasteiger partial charge < -0.3 is 14.4 Å². The maximum atomic E-state index is 12.5. The Kier molecular flexibility index (Phi) is 5.62. The van der Waals surface area contributed by atoms with E-state index in [1.165, 1.54) is 43.1 Å². The summed E-state index contributed by atoms with van der Waals surface area (Å²) in [6.45, 7) is 1.74. The Morgan fingerprint density at radius 1 is 1.10 bits per heavy atom. The maximum Gasteiger partial charge on any atom is 0.330 e. The minimum Gasteiger partial charge on any atom is -0.362 e. The van der Waals surface area contributed by atoms with Gasteiger partial charge >= 0.3 is 5.69 Å². The van der Waals surface area contributed by atoms with Gasteiger partial charge in [0.05, 0.1) is 10.5 Å². The van der Waals surface area contributed by atoms with Gasteiger partial charge in [-0.1, -0.05) is 12.1 Å². The van der Waals surface area contributed by atoms with Gasteiger partial charge in [-0.25, -0.2) is 4.79 Å². The summed E-state index contributed by atoms with van der Waals surface area (Å²) in [5.41, 5.74) is -0.101. The van der Waals surface area contributed by atoms with E-state index in [9.17, 15) is 24.5 Å². The van der Waals surface area contributed by atoms with Gasteiger partial charge in [0, 0.05) is 58.6 Å². The van der Waals surface area contributed by atoms with E-state index in [0.29, 0.717) is 31.9 Å². The van der Waals surface area contributed by atoms with Crippen molar-refractivity contribution in [1.82, 2.24) is 14.0 Å². The molecule has 152 valence electrons. The minimum atomic E-state index is -0.474. The minimum absolute atomic E-state index is 0.0395. The molecular weight excluding hydrogens is 378 g/mol. The lowest BCUT2D eigenvalue weighted by atomic mass is 10.2. The molecule has 0 radical (unpaired) electrons. The molecule has 1 aliphatic rings. The largest absolute Gasteiger partial charge is 0.362 e. The second-order valence-electron chi connectivity index (χ2n) is 6.73. The Morgan fingerprint density at radius 3 is 2.41 bits per heavy atom. The van der Waals surface area contributed by atoms with E-state index in [1.807, 2.05) is 4.90 Å². The average Bonchev–Trinajstić information content (AvgIpc) is 2.73. The summed E-state index contributed by atoms with van der Waals surface area (Å²) < 4.78 is 2.26. The van der Waals surface area contributed by atoms with Gasteiger partial charge in [-0.05, 0) is 12.1 Å². The Labute approximate surface area is 166 Å². The number of nitrogens with zero attached hydrogens (tertiary/aromatic N) is 5. The van der Waals surface area contributed by atoms with Gasteiger partial charge in [-0.2, -0.15) is 0 Å². The number of aromatic nitrogens is 2. The number of benzene rings is 1. The SMILES string of the molecule is Cn1cc(/C=C/C(=O)N2CCN(c3ccccc3[N+](=O)[O-])CC2)c(=O)n(C)c1=O. The predicted octanol–water partition coefficient (Wildman–Crippen LogP) is 0.354. The van der Waals surface area contributed by atoms with E-state index in [4.69, 9.17) is 0 Å². The van der Waals surface area contributed by atoms with Crippen molar-refractivity contribution in [2.45, 2.75) is 0 Å². The molecule has 1 amide bonds. The van der Waals surface area contributed by atoms with Crippen LogP contribution in [-0.2, 0) is 18.9 Å². The van der Waals surface area contributed by atoms with Crippen molar-refractivity contribution in [3.05, 3.63) is 73.1 Å². The molecule has 10 heteroatoms. The van der Waals surface area contributed by atoms with Crippen molar-refractivity contribution in [3.8, 4) is 0 Å². The van der Waals surface area contributed by atoms with E-state index in [-0.39, 0.29) is 17.2 Å². The molecule has 2 heterocycles. The molecule has 0 atom stereocenters. The van der Waals surface area contributed by atoms with E-state index in [2.05, 4.69) is 0 Å². The lowest BCUT2D eigenvalue weighted by molar-refractivity contribution is -0.384. The topological polar surface area (TPSA) is 111 Å². The molecule has 1 aromatic carbocycles. The summed E-state index contributed by atoms with van der Waals surface area (Å²) in [5.74, 6) is -0.261. The third-order valence-corrected chi connectivity index (χ3v) is 4.89. The van der Waals surface area contributed by atoms with Crippen LogP contribution in [0, 0.1) is 10.1 Å². The van der Waals surface area contributed by atoms with Crippen LogP contribution in [0.4, 0.5) is 11.4 Å². The summed E-state index contributed by atoms with van der Waals surface area (Å²) in [6, 6.07) is 6.53. The maximum absolute atomic E-state index is 12.5. The first-order valence-electron chi connectivity index (χ1n) is 9.01. The molecule has 3 rings (SSSR count). The molecule has 0 N–H and O–H groups in total. The highest BCUT2D eigenvalue weighted by Gasteiger charge is 2.24. The predicted molar refractivity (Wildman–Crippen MR) is 108 cm³/mol. The van der Waals surface area contributed by atoms with Crippen LogP contribution in [0.5, 0.6) is 0 Å². The molecule has 1 fully saturated rings. The molecule has 1 saturated heterocycles. The van der Waals surface area contributed by atoms with Crippen molar-refractivity contribution in [2.75, 3.05) is 31.1 Å². The molecule has 0 saturated carbocycles. The van der Waals surface area contributed by atoms with E-state index in [0.717, 1.165) is 4.57 Å². The van der Waals surface area contributed by atoms with Crippen LogP contribution in [0.3, 0.4) is 0 Å². The smallest absolute Gasteiger partial charge is 0.330 e. The molecule has 1 aliphatic heterocycles. The zero-order valence-electron chi connectivity index (χ0n) is 16.1. The highest BCUT2D eigenvalue weighted by Crippen LogP contribution is 2.28. The Balaban J connectivity index is 1.69. The Bertz CT molecular complexity index is 1090. The quantitative estimate of drug-likeness (QED) is 0.417. The fraction of sp³-hybridized carbons (Fsp3) is 0.316. The molecule has 1 aromatic heterocycles. The van der Waals surface area contributed by atoms with E-state index < -0.39 is 16.2 Å². The number of para-hydroxylation sites is 2. The molecule has 0 aliphatic carbocycles. The van der Waals surface area contributed by atoms with Crippen LogP contribution >= 0.6 is 0 Å². The van der Waals surface area contributed by atoms with Gasteiger partial charge in [-0.15, -0.1) is 0 Å². The van der Waals surface area contributed by atoms with Crippen molar-refractivity contribution in [3.63, 3.8) is 0 Å². The van der Waals surface area contributed by atoms with E-state index >= 15 is 0 Å². The van der Waals surface area contributed by atoms with Crippen molar-refractivity contribution < 1.29 is 9.72 Å². The first-order valence-corrected chi connectivity index (χ1v) is 9.01. The Morgan fingerprint density at radius 2 is 1.76 bits per heavy atom. The van der Waals surface area contributed by atoms with Crippen LogP contribution in [0.15, 0.2) is 46.1 Å². The second kappa shape index (κ2) is 8.13. The normalized spacial score (nSPS) is 14.4. The molecule has 2 aromatic rings. The van der Waals surface area contributed by atoms with Crippen LogP contribution < -0.4 is 16.1 Å². The monoisotopic (exact) mass is 399 g/mol. The zero-order valence-corrected chi connectivity index (χ0v) is 16.1. The number of aryl methyl sites for hydroxylation is 1. The van der Waals surface area contributed by atoms with Gasteiger partial charge in [0.2, 0.25) is 5.91 Å². The number of hydrogen-bond donors (Lipinski definition) is 0. The fourth-order valence-electron chi connectivity index (χ4n) is 3.27. The first-order chi connectivity index (χ1) is 13.8. The third-order valence-electron chi connectivity index (χ3n) is 4.89. The van der Waals surface area contributed by atoms with Crippen LogP contribution in [0.25, 0.3) is 6.08 Å². The van der Waals surface area contributed by atoms with Crippen molar-refractivity contribution >= 4 is 23.4 Å². The summed E-state index contributed by atoms with van der Waals surface area (Å²) in [4.78, 5) is 50.6. The third kappa shape index (κ3) is 4.10. The van der Waals surface area contributed by atoms with Gasteiger partial charge in [0.15, 0.2) is 0 Å². The zero-order chi connectivity index (χ0) is 21.1. The molecule has 29 heavy (non-hydrogen) atoms. The van der Waals surface area contributed by atoms with Gasteiger partial charge in [-0.3, -0.25) is 24.3 Å². The summed E-state index contributed by atoms with van der Waals surface area (Å²) in [5, 5.41) is 11.2. The highest BCUT2D eigenvalue weighted by atomic mass is 16.6. The number of rotatable bonds is 4. The molecular formula is C19H21N5O5. The highest BCUT2D eigenvalue weighted by molar-refractivity contribution is 5.91. The first kappa shape index (κ1) is 20.1. The summed E-state index contributed by atoms with van der Waals surface area (Å²) in [7, 11) is 2.91. The number of nitro groups is 1. The van der Waals surface area contributed by atoms with Gasteiger partial charge in [0.1, 0.15) is 5.69 Å². The van der Waals surface area contributed by atoms with Crippen LogP contribution in [0.1, 0.15) is 5.56 Å². The van der Waals surface area contributed by atoms with Gasteiger partial charge in [0.25, 0.3) is 11.2 Å². The van der Waals surface area contributed by atoms with Crippen LogP contribution in [0.2, 0.25) is 0 Å². The molecule has 0 bridgehead atoms. The number of anilines is 1. The number of amides is 1. The standard InChI is InChI=1S/C19H21N5O5/c1-20-13-14(18(26)21(2)19(20)27)7-8-17(25)23-11-9-22(10-12-23)15-5-3-4-6-16(15)24(28)29/h3-8,13H,9-12H2,1-2H3/b8-7+. The number of carbonyl (C=O) groups is 1. The lowest BCUT2D eigenvalue weighted by Crippen LogP contribution is -2.48. The second-order valence-corrected chi connectivity index (χ2v) is 6.73. The molecule has 10 nitrogen and oxygen atoms in total. The number of carbonyl (C=O) groups excluding carboxylic acids is 1. The molecule has 0 spiro atoms. The fourth-order valence-corrected chi connectivity index (χ4v) is 3.27. The molecule has 0 unspecified atom stereocenters. The van der Waals surface area contributed by atoms with Crippen molar-refractivity contribution in [2.24, 2.45) is 14.1 Å². The number of nitro benzene ring substituents is 1. The lowest BCUT2D eigenvalue weighted by Gasteiger charge is -2.35. The average molecular weight is 399 g/mol. The van der Waals surface area contributed by atoms with Crippen molar-refractivity contribution in [1.29, 1.82) is 0 Å². The summed E-state index contributed by atoms with van der Waals surface area (Å²) in [6.07, 6.45) is 4.10. The summed E-state index contributed by atoms with van der Waals surface area (Å²) >= 11 is 0. The number of hydrogen-bond acceptors (Lipinski definition) is 6.